The van der Waals surface area contributed by atoms with E-state index in [0.29, 0.717) is 42.6 Å². The smallest absolute Gasteiger partial charge is 0.239 e. The van der Waals surface area contributed by atoms with Gasteiger partial charge in [-0.25, -0.2) is 4.39 Å². The number of nitriles is 1. The molecule has 1 atom stereocenters. The first-order valence-electron chi connectivity index (χ1n) is 11.1. The zero-order valence-electron chi connectivity index (χ0n) is 19.1. The Labute approximate surface area is 203 Å². The van der Waals surface area contributed by atoms with Crippen molar-refractivity contribution in [2.75, 3.05) is 31.6 Å². The van der Waals surface area contributed by atoms with E-state index in [1.807, 2.05) is 47.6 Å². The van der Waals surface area contributed by atoms with Crippen LogP contribution >= 0.6 is 11.6 Å². The minimum Gasteiger partial charge on any atom is -0.371 e. The third-order valence-corrected chi connectivity index (χ3v) is 6.46. The Morgan fingerprint density at radius 1 is 1.21 bits per heavy atom. The van der Waals surface area contributed by atoms with Crippen LogP contribution < -0.4 is 5.32 Å². The molecule has 1 amide bonds. The molecule has 1 saturated heterocycles. The maximum atomic E-state index is 13.3. The van der Waals surface area contributed by atoms with E-state index in [-0.39, 0.29) is 24.4 Å². The Morgan fingerprint density at radius 3 is 2.59 bits per heavy atom. The Balaban J connectivity index is 1.49. The quantitative estimate of drug-likeness (QED) is 0.548. The maximum Gasteiger partial charge on any atom is 0.239 e. The van der Waals surface area contributed by atoms with Gasteiger partial charge < -0.3 is 14.6 Å². The van der Waals surface area contributed by atoms with Crippen LogP contribution in [-0.4, -0.2) is 41.6 Å². The molecule has 1 fully saturated rings. The molecule has 4 rings (SSSR count). The van der Waals surface area contributed by atoms with Crippen LogP contribution in [0.5, 0.6) is 0 Å². The summed E-state index contributed by atoms with van der Waals surface area (Å²) in [5.41, 5.74) is 4.02. The fraction of sp³-hybridized carbons (Fsp3) is 0.308. The second-order valence-corrected chi connectivity index (χ2v) is 8.89. The number of nitrogens with one attached hydrogen (secondary N) is 1. The molecule has 6 nitrogen and oxygen atoms in total. The van der Waals surface area contributed by atoms with Crippen LogP contribution in [0.15, 0.2) is 48.5 Å². The molecule has 1 N–H and O–H groups in total. The van der Waals surface area contributed by atoms with Gasteiger partial charge in [0.2, 0.25) is 5.91 Å². The summed E-state index contributed by atoms with van der Waals surface area (Å²) in [7, 11) is 0. The topological polar surface area (TPSA) is 70.3 Å². The van der Waals surface area contributed by atoms with Crippen molar-refractivity contribution in [3.8, 4) is 6.07 Å². The molecule has 3 aromatic rings. The Bertz CT molecular complexity index is 1220. The van der Waals surface area contributed by atoms with Crippen LogP contribution in [0.3, 0.4) is 0 Å². The van der Waals surface area contributed by atoms with Gasteiger partial charge in [0.25, 0.3) is 0 Å². The summed E-state index contributed by atoms with van der Waals surface area (Å²) in [5.74, 6) is -0.0433. The van der Waals surface area contributed by atoms with Crippen molar-refractivity contribution in [3.63, 3.8) is 0 Å². The number of halogens is 2. The summed E-state index contributed by atoms with van der Waals surface area (Å²) in [6.07, 6.45) is -0.139. The number of carbonyl (C=O) groups excluding carboxylic acids is 1. The molecule has 176 valence electrons. The number of hydrogen-bond acceptors (Lipinski definition) is 4. The molecule has 0 saturated carbocycles. The standard InChI is InChI=1S/C26H26ClFN4O2/c1-17-18(2)32(14-19-3-9-22(28)10-4-19)26(23(17)13-29)30-25(33)16-31-11-12-34-24(15-31)20-5-7-21(27)8-6-20/h3-10,24H,11-12,14-16H2,1-2H3,(H,30,33). The molecule has 8 heteroatoms. The van der Waals surface area contributed by atoms with Gasteiger partial charge in [-0.2, -0.15) is 5.26 Å². The monoisotopic (exact) mass is 480 g/mol. The Hall–Kier alpha value is -3.18. The molecule has 0 aliphatic carbocycles. The average Bonchev–Trinajstić information content (AvgIpc) is 3.04. The fourth-order valence-corrected chi connectivity index (χ4v) is 4.33. The van der Waals surface area contributed by atoms with Gasteiger partial charge in [-0.1, -0.05) is 35.9 Å². The number of anilines is 1. The number of aromatic nitrogens is 1. The first-order chi connectivity index (χ1) is 16.4. The van der Waals surface area contributed by atoms with Gasteiger partial charge in [0.15, 0.2) is 0 Å². The van der Waals surface area contributed by atoms with Crippen molar-refractivity contribution in [1.82, 2.24) is 9.47 Å². The fourth-order valence-electron chi connectivity index (χ4n) is 4.20. The zero-order chi connectivity index (χ0) is 24.2. The number of nitrogens with zero attached hydrogens (tertiary/aromatic N) is 3. The minimum absolute atomic E-state index is 0.139. The van der Waals surface area contributed by atoms with Gasteiger partial charge in [-0.05, 0) is 54.8 Å². The summed E-state index contributed by atoms with van der Waals surface area (Å²) in [4.78, 5) is 15.1. The van der Waals surface area contributed by atoms with Crippen LogP contribution in [0.2, 0.25) is 5.02 Å². The lowest BCUT2D eigenvalue weighted by Crippen LogP contribution is -2.42. The van der Waals surface area contributed by atoms with Crippen LogP contribution in [0.4, 0.5) is 10.2 Å². The molecular formula is C26H26ClFN4O2. The summed E-state index contributed by atoms with van der Waals surface area (Å²) < 4.78 is 21.1. The molecule has 2 aromatic carbocycles. The second kappa shape index (κ2) is 10.4. The third-order valence-electron chi connectivity index (χ3n) is 6.21. The number of hydrogen-bond donors (Lipinski definition) is 1. The van der Waals surface area contributed by atoms with Crippen molar-refractivity contribution in [2.45, 2.75) is 26.5 Å². The van der Waals surface area contributed by atoms with Gasteiger partial charge >= 0.3 is 0 Å². The highest BCUT2D eigenvalue weighted by Gasteiger charge is 2.25. The highest BCUT2D eigenvalue weighted by molar-refractivity contribution is 6.30. The lowest BCUT2D eigenvalue weighted by atomic mass is 10.1. The van der Waals surface area contributed by atoms with Crippen molar-refractivity contribution >= 4 is 23.3 Å². The SMILES string of the molecule is Cc1c(C#N)c(NC(=O)CN2CCOC(c3ccc(Cl)cc3)C2)n(Cc2ccc(F)cc2)c1C. The van der Waals surface area contributed by atoms with Gasteiger partial charge in [-0.3, -0.25) is 9.69 Å². The molecule has 1 aromatic heterocycles. The summed E-state index contributed by atoms with van der Waals surface area (Å²) in [5, 5.41) is 13.4. The predicted octanol–water partition coefficient (Wildman–Crippen LogP) is 4.83. The van der Waals surface area contributed by atoms with E-state index >= 15 is 0 Å². The zero-order valence-corrected chi connectivity index (χ0v) is 19.9. The molecule has 34 heavy (non-hydrogen) atoms. The van der Waals surface area contributed by atoms with Crippen LogP contribution in [-0.2, 0) is 16.1 Å². The van der Waals surface area contributed by atoms with E-state index in [9.17, 15) is 14.4 Å². The van der Waals surface area contributed by atoms with Gasteiger partial charge in [0.1, 0.15) is 17.7 Å². The first kappa shape index (κ1) is 24.0. The predicted molar refractivity (Wildman–Crippen MR) is 129 cm³/mol. The van der Waals surface area contributed by atoms with Crippen LogP contribution in [0, 0.1) is 31.0 Å². The Kier molecular flexibility index (Phi) is 7.32. The number of benzene rings is 2. The molecule has 1 unspecified atom stereocenters. The van der Waals surface area contributed by atoms with Crippen LogP contribution in [0.1, 0.15) is 34.1 Å². The van der Waals surface area contributed by atoms with Gasteiger partial charge in [0, 0.05) is 30.4 Å². The third kappa shape index (κ3) is 5.31. The van der Waals surface area contributed by atoms with Crippen LogP contribution in [0.25, 0.3) is 0 Å². The van der Waals surface area contributed by atoms with Crippen molar-refractivity contribution in [3.05, 3.63) is 87.3 Å². The molecular weight excluding hydrogens is 455 g/mol. The number of rotatable bonds is 6. The van der Waals surface area contributed by atoms with Gasteiger partial charge in [-0.15, -0.1) is 0 Å². The lowest BCUT2D eigenvalue weighted by molar-refractivity contribution is -0.119. The minimum atomic E-state index is -0.308. The van der Waals surface area contributed by atoms with Crippen molar-refractivity contribution in [1.29, 1.82) is 5.26 Å². The number of carbonyl (C=O) groups is 1. The van der Waals surface area contributed by atoms with E-state index in [0.717, 1.165) is 22.4 Å². The maximum absolute atomic E-state index is 13.3. The second-order valence-electron chi connectivity index (χ2n) is 8.45. The lowest BCUT2D eigenvalue weighted by Gasteiger charge is -2.32. The molecule has 0 radical (unpaired) electrons. The summed E-state index contributed by atoms with van der Waals surface area (Å²) >= 11 is 5.99. The van der Waals surface area contributed by atoms with E-state index in [4.69, 9.17) is 16.3 Å². The molecule has 2 heterocycles. The van der Waals surface area contributed by atoms with E-state index in [2.05, 4.69) is 11.4 Å². The largest absolute Gasteiger partial charge is 0.371 e. The molecule has 1 aliphatic heterocycles. The van der Waals surface area contributed by atoms with Crippen molar-refractivity contribution < 1.29 is 13.9 Å². The molecule has 0 bridgehead atoms. The number of amides is 1. The number of morpholine rings is 1. The Morgan fingerprint density at radius 2 is 1.91 bits per heavy atom. The summed E-state index contributed by atoms with van der Waals surface area (Å²) in [6, 6.07) is 16.0. The number of ether oxygens (including phenoxy) is 1. The van der Waals surface area contributed by atoms with Crippen molar-refractivity contribution in [2.24, 2.45) is 0 Å². The summed E-state index contributed by atoms with van der Waals surface area (Å²) in [6.45, 7) is 6.10. The van der Waals surface area contributed by atoms with Gasteiger partial charge in [0.05, 0.1) is 24.8 Å². The first-order valence-corrected chi connectivity index (χ1v) is 11.5. The van der Waals surface area contributed by atoms with E-state index in [1.54, 1.807) is 12.1 Å². The highest BCUT2D eigenvalue weighted by atomic mass is 35.5. The average molecular weight is 481 g/mol. The normalized spacial score (nSPS) is 16.3. The highest BCUT2D eigenvalue weighted by Crippen LogP contribution is 2.28. The van der Waals surface area contributed by atoms with E-state index in [1.165, 1.54) is 12.1 Å². The molecule has 0 spiro atoms. The van der Waals surface area contributed by atoms with E-state index < -0.39 is 0 Å². The molecule has 1 aliphatic rings.